The lowest BCUT2D eigenvalue weighted by Crippen LogP contribution is -2.56. The Hall–Kier alpha value is -0.370. The Morgan fingerprint density at radius 2 is 1.71 bits per heavy atom. The van der Waals surface area contributed by atoms with Gasteiger partial charge in [0, 0.05) is 19.1 Å². The summed E-state index contributed by atoms with van der Waals surface area (Å²) in [6.45, 7) is 8.38. The maximum absolute atomic E-state index is 12.4. The van der Waals surface area contributed by atoms with Crippen molar-refractivity contribution in [2.24, 2.45) is 52.3 Å². The van der Waals surface area contributed by atoms with Gasteiger partial charge in [0.25, 0.3) is 0 Å². The van der Waals surface area contributed by atoms with Gasteiger partial charge in [-0.25, -0.2) is 0 Å². The van der Waals surface area contributed by atoms with Crippen molar-refractivity contribution in [2.45, 2.75) is 91.4 Å². The van der Waals surface area contributed by atoms with Gasteiger partial charge in [-0.2, -0.15) is 0 Å². The Kier molecular flexibility index (Phi) is 4.97. The van der Waals surface area contributed by atoms with Crippen LogP contribution in [-0.2, 0) is 9.53 Å². The highest BCUT2D eigenvalue weighted by atomic mass is 16.5. The third-order valence-electron chi connectivity index (χ3n) is 10.7. The Balaban J connectivity index is 1.40. The Morgan fingerprint density at radius 3 is 2.43 bits per heavy atom. The zero-order valence-corrected chi connectivity index (χ0v) is 18.6. The molecule has 2 nitrogen and oxygen atoms in total. The second kappa shape index (κ2) is 7.10. The van der Waals surface area contributed by atoms with Crippen LogP contribution >= 0.6 is 0 Å². The fourth-order valence-electron chi connectivity index (χ4n) is 9.59. The second-order valence-corrected chi connectivity index (χ2v) is 11.6. The van der Waals surface area contributed by atoms with Crippen molar-refractivity contribution in [3.05, 3.63) is 0 Å². The molecule has 0 saturated heterocycles. The van der Waals surface area contributed by atoms with Crippen molar-refractivity contribution in [1.29, 1.82) is 0 Å². The van der Waals surface area contributed by atoms with Crippen molar-refractivity contribution in [3.8, 4) is 0 Å². The van der Waals surface area contributed by atoms with E-state index in [1.807, 2.05) is 6.92 Å². The van der Waals surface area contributed by atoms with Crippen molar-refractivity contribution in [2.75, 3.05) is 13.2 Å². The van der Waals surface area contributed by atoms with Crippen LogP contribution in [0.5, 0.6) is 0 Å². The monoisotopic (exact) mass is 386 g/mol. The molecule has 8 atom stereocenters. The number of ether oxygens (including phenoxy) is 1. The van der Waals surface area contributed by atoms with Gasteiger partial charge in [-0.3, -0.25) is 4.79 Å². The van der Waals surface area contributed by atoms with E-state index in [-0.39, 0.29) is 0 Å². The summed E-state index contributed by atoms with van der Waals surface area (Å²) in [6, 6.07) is 0. The normalized spacial score (nSPS) is 50.5. The van der Waals surface area contributed by atoms with E-state index in [4.69, 9.17) is 4.74 Å². The Morgan fingerprint density at radius 1 is 0.929 bits per heavy atom. The van der Waals surface area contributed by atoms with Gasteiger partial charge in [-0.05, 0) is 131 Å². The zero-order valence-electron chi connectivity index (χ0n) is 18.6. The molecule has 5 saturated carbocycles. The second-order valence-electron chi connectivity index (χ2n) is 11.6. The molecule has 0 amide bonds. The molecule has 0 aliphatic heterocycles. The largest absolute Gasteiger partial charge is 0.381 e. The maximum atomic E-state index is 12.4. The third kappa shape index (κ3) is 2.79. The van der Waals surface area contributed by atoms with E-state index in [2.05, 4.69) is 13.8 Å². The van der Waals surface area contributed by atoms with E-state index in [1.54, 1.807) is 0 Å². The quantitative estimate of drug-likeness (QED) is 0.556. The molecular weight excluding hydrogens is 344 g/mol. The first-order valence-corrected chi connectivity index (χ1v) is 12.6. The van der Waals surface area contributed by atoms with Crippen LogP contribution in [0.3, 0.4) is 0 Å². The van der Waals surface area contributed by atoms with E-state index in [9.17, 15) is 4.79 Å². The van der Waals surface area contributed by atoms with Gasteiger partial charge in [0.2, 0.25) is 0 Å². The summed E-state index contributed by atoms with van der Waals surface area (Å²) in [4.78, 5) is 12.4. The minimum absolute atomic E-state index is 0.316. The number of ketones is 1. The van der Waals surface area contributed by atoms with E-state index >= 15 is 0 Å². The van der Waals surface area contributed by atoms with Gasteiger partial charge in [0.1, 0.15) is 5.78 Å². The molecule has 0 bridgehead atoms. The first-order chi connectivity index (χ1) is 13.5. The van der Waals surface area contributed by atoms with Crippen molar-refractivity contribution >= 4 is 5.78 Å². The van der Waals surface area contributed by atoms with Crippen LogP contribution in [0.4, 0.5) is 0 Å². The summed E-state index contributed by atoms with van der Waals surface area (Å²) >= 11 is 0. The van der Waals surface area contributed by atoms with Gasteiger partial charge in [-0.1, -0.05) is 6.92 Å². The highest BCUT2D eigenvalue weighted by Crippen LogP contribution is 2.72. The fourth-order valence-corrected chi connectivity index (χ4v) is 9.59. The standard InChI is InChI=1S/C26H42O2/c1-4-28-16-18-11-14-26(19-5-6-19)20(15-18)7-8-21-23-10-9-22(17(2)27)25(23,3)13-12-24(21)26/h18-24H,4-16H2,1-3H3. The predicted molar refractivity (Wildman–Crippen MR) is 113 cm³/mol. The molecule has 5 rings (SSSR count). The first-order valence-electron chi connectivity index (χ1n) is 12.6. The lowest BCUT2D eigenvalue weighted by Gasteiger charge is -2.62. The number of hydrogen-bond donors (Lipinski definition) is 0. The molecule has 5 fully saturated rings. The van der Waals surface area contributed by atoms with Crippen LogP contribution in [0.25, 0.3) is 0 Å². The van der Waals surface area contributed by atoms with Crippen molar-refractivity contribution < 1.29 is 9.53 Å². The topological polar surface area (TPSA) is 26.3 Å². The summed E-state index contributed by atoms with van der Waals surface area (Å²) in [7, 11) is 0. The molecule has 0 spiro atoms. The molecular formula is C26H42O2. The SMILES string of the molecule is CCOCC1CCC2(C3CC3)C(CCC3C4CCC(C(C)=O)C4(C)CCC32)C1. The third-order valence-corrected chi connectivity index (χ3v) is 10.7. The molecule has 28 heavy (non-hydrogen) atoms. The number of rotatable bonds is 5. The van der Waals surface area contributed by atoms with Crippen LogP contribution in [0.1, 0.15) is 91.4 Å². The van der Waals surface area contributed by atoms with Gasteiger partial charge >= 0.3 is 0 Å². The number of fused-ring (bicyclic) bond motifs is 5. The Labute approximate surface area is 172 Å². The average Bonchev–Trinajstić information content (AvgIpc) is 3.47. The molecule has 5 aliphatic rings. The molecule has 0 aromatic carbocycles. The van der Waals surface area contributed by atoms with Crippen LogP contribution in [-0.4, -0.2) is 19.0 Å². The molecule has 158 valence electrons. The summed E-state index contributed by atoms with van der Waals surface area (Å²) in [5, 5.41) is 0. The highest BCUT2D eigenvalue weighted by Gasteiger charge is 2.65. The number of carbonyl (C=O) groups excluding carboxylic acids is 1. The number of hydrogen-bond acceptors (Lipinski definition) is 2. The summed E-state index contributed by atoms with van der Waals surface area (Å²) in [6.07, 6.45) is 15.5. The molecule has 0 aromatic rings. The van der Waals surface area contributed by atoms with Crippen LogP contribution in [0.15, 0.2) is 0 Å². The molecule has 0 heterocycles. The van der Waals surface area contributed by atoms with E-state index < -0.39 is 0 Å². The van der Waals surface area contributed by atoms with Crippen LogP contribution in [0.2, 0.25) is 0 Å². The molecule has 0 radical (unpaired) electrons. The van der Waals surface area contributed by atoms with Crippen LogP contribution in [0, 0.1) is 52.3 Å². The average molecular weight is 387 g/mol. The minimum atomic E-state index is 0.316. The van der Waals surface area contributed by atoms with Gasteiger partial charge in [0.05, 0.1) is 0 Å². The van der Waals surface area contributed by atoms with E-state index in [0.29, 0.717) is 22.5 Å². The van der Waals surface area contributed by atoms with Crippen molar-refractivity contribution in [1.82, 2.24) is 0 Å². The zero-order chi connectivity index (χ0) is 19.5. The van der Waals surface area contributed by atoms with E-state index in [0.717, 1.165) is 48.7 Å². The van der Waals surface area contributed by atoms with Gasteiger partial charge in [0.15, 0.2) is 0 Å². The number of carbonyl (C=O) groups is 1. The molecule has 0 N–H and O–H groups in total. The predicted octanol–water partition coefficient (Wildman–Crippen LogP) is 6.28. The molecule has 5 aliphatic carbocycles. The molecule has 2 heteroatoms. The summed E-state index contributed by atoms with van der Waals surface area (Å²) in [5.41, 5.74) is 0.984. The molecule has 8 unspecified atom stereocenters. The van der Waals surface area contributed by atoms with Gasteiger partial charge in [-0.15, -0.1) is 0 Å². The lowest BCUT2D eigenvalue weighted by atomic mass is 9.42. The maximum Gasteiger partial charge on any atom is 0.133 e. The first kappa shape index (κ1) is 19.6. The minimum Gasteiger partial charge on any atom is -0.381 e. The van der Waals surface area contributed by atoms with Crippen molar-refractivity contribution in [3.63, 3.8) is 0 Å². The summed E-state index contributed by atoms with van der Waals surface area (Å²) in [5.74, 6) is 6.37. The lowest BCUT2D eigenvalue weighted by molar-refractivity contribution is -0.147. The van der Waals surface area contributed by atoms with E-state index in [1.165, 1.54) is 70.6 Å². The van der Waals surface area contributed by atoms with Crippen LogP contribution < -0.4 is 0 Å². The fraction of sp³-hybridized carbons (Fsp3) is 0.962. The van der Waals surface area contributed by atoms with Gasteiger partial charge < -0.3 is 4.74 Å². The summed E-state index contributed by atoms with van der Waals surface area (Å²) < 4.78 is 5.84. The highest BCUT2D eigenvalue weighted by molar-refractivity contribution is 5.79. The Bertz CT molecular complexity index is 610. The molecule has 0 aromatic heterocycles. The smallest absolute Gasteiger partial charge is 0.133 e. The number of Topliss-reactive ketones (excluding diaryl/α,β-unsaturated/α-hetero) is 1.